The molecule has 2 amide bonds. The number of sulfone groups is 1. The zero-order valence-corrected chi connectivity index (χ0v) is 15.5. The van der Waals surface area contributed by atoms with Gasteiger partial charge in [0, 0.05) is 16.7 Å². The normalized spacial score (nSPS) is 12.2. The van der Waals surface area contributed by atoms with Crippen LogP contribution in [0.15, 0.2) is 69.3 Å². The van der Waals surface area contributed by atoms with Crippen molar-refractivity contribution in [1.29, 1.82) is 0 Å². The fourth-order valence-corrected chi connectivity index (χ4v) is 4.42. The van der Waals surface area contributed by atoms with E-state index in [1.165, 1.54) is 29.4 Å². The summed E-state index contributed by atoms with van der Waals surface area (Å²) in [6.07, 6.45) is 0. The van der Waals surface area contributed by atoms with E-state index >= 15 is 0 Å². The van der Waals surface area contributed by atoms with E-state index in [9.17, 15) is 18.0 Å². The van der Waals surface area contributed by atoms with E-state index in [1.54, 1.807) is 12.1 Å². The third-order valence-corrected chi connectivity index (χ3v) is 6.13. The van der Waals surface area contributed by atoms with Gasteiger partial charge in [-0.3, -0.25) is 14.8 Å². The molecular weight excluding hydrogens is 376 g/mol. The van der Waals surface area contributed by atoms with Gasteiger partial charge in [-0.05, 0) is 36.4 Å². The first-order valence-electron chi connectivity index (χ1n) is 7.58. The smallest absolute Gasteiger partial charge is 0.266 e. The first kappa shape index (κ1) is 20.0. The highest BCUT2D eigenvalue weighted by Crippen LogP contribution is 2.28. The predicted molar refractivity (Wildman–Crippen MR) is 96.6 cm³/mol. The van der Waals surface area contributed by atoms with Gasteiger partial charge in [-0.25, -0.2) is 13.9 Å². The molecule has 0 heterocycles. The van der Waals surface area contributed by atoms with E-state index in [0.29, 0.717) is 0 Å². The van der Waals surface area contributed by atoms with Crippen molar-refractivity contribution in [3.8, 4) is 0 Å². The average Bonchev–Trinajstić information content (AvgIpc) is 2.61. The molecule has 2 aromatic rings. The van der Waals surface area contributed by atoms with Crippen LogP contribution < -0.4 is 10.8 Å². The summed E-state index contributed by atoms with van der Waals surface area (Å²) < 4.78 is 25.0. The average molecular weight is 394 g/mol. The monoisotopic (exact) mass is 394 g/mol. The van der Waals surface area contributed by atoms with Crippen molar-refractivity contribution >= 4 is 33.4 Å². The van der Waals surface area contributed by atoms with Crippen LogP contribution in [0.2, 0.25) is 0 Å². The van der Waals surface area contributed by atoms with Crippen LogP contribution in [0.5, 0.6) is 0 Å². The Morgan fingerprint density at radius 3 is 2.15 bits per heavy atom. The summed E-state index contributed by atoms with van der Waals surface area (Å²) in [6.45, 7) is 1.15. The van der Waals surface area contributed by atoms with Crippen LogP contribution >= 0.6 is 11.8 Å². The third kappa shape index (κ3) is 5.58. The second kappa shape index (κ2) is 8.84. The molecule has 0 radical (unpaired) electrons. The van der Waals surface area contributed by atoms with E-state index in [0.717, 1.165) is 16.7 Å². The number of carbonyl (C=O) groups excluding carboxylic acids is 2. The second-order valence-corrected chi connectivity index (χ2v) is 8.58. The van der Waals surface area contributed by atoms with Gasteiger partial charge in [-0.2, -0.15) is 0 Å². The van der Waals surface area contributed by atoms with Crippen LogP contribution in [0, 0.1) is 0 Å². The van der Waals surface area contributed by atoms with Gasteiger partial charge in [0.25, 0.3) is 5.91 Å². The van der Waals surface area contributed by atoms with Gasteiger partial charge in [0.1, 0.15) is 6.04 Å². The van der Waals surface area contributed by atoms with Gasteiger partial charge >= 0.3 is 0 Å². The summed E-state index contributed by atoms with van der Waals surface area (Å²) in [4.78, 5) is 24.6. The highest BCUT2D eigenvalue weighted by Gasteiger charge is 2.27. The first-order valence-corrected chi connectivity index (χ1v) is 10.1. The summed E-state index contributed by atoms with van der Waals surface area (Å²) >= 11 is 1.49. The molecule has 1 atom stereocenters. The summed E-state index contributed by atoms with van der Waals surface area (Å²) in [7, 11) is -3.85. The maximum absolute atomic E-state index is 12.5. The van der Waals surface area contributed by atoms with E-state index in [-0.39, 0.29) is 4.90 Å². The molecule has 0 aliphatic rings. The minimum Gasteiger partial charge on any atom is -0.343 e. The van der Waals surface area contributed by atoms with Crippen LogP contribution in [-0.4, -0.2) is 37.2 Å². The Morgan fingerprint density at radius 2 is 1.62 bits per heavy atom. The fourth-order valence-electron chi connectivity index (χ4n) is 2.16. The van der Waals surface area contributed by atoms with Crippen LogP contribution in [-0.2, 0) is 19.4 Å². The van der Waals surface area contributed by atoms with Crippen LogP contribution in [0.1, 0.15) is 6.92 Å². The van der Waals surface area contributed by atoms with Gasteiger partial charge in [-0.1, -0.05) is 30.0 Å². The van der Waals surface area contributed by atoms with Crippen molar-refractivity contribution in [2.75, 3.05) is 5.75 Å². The lowest BCUT2D eigenvalue weighted by Crippen LogP contribution is -2.49. The molecule has 2 aromatic carbocycles. The van der Waals surface area contributed by atoms with E-state index < -0.39 is 33.4 Å². The Bertz CT molecular complexity index is 868. The minimum atomic E-state index is -3.85. The van der Waals surface area contributed by atoms with Crippen molar-refractivity contribution in [3.63, 3.8) is 0 Å². The summed E-state index contributed by atoms with van der Waals surface area (Å²) in [6, 6.07) is 14.5. The van der Waals surface area contributed by atoms with Gasteiger partial charge in [0.05, 0.1) is 10.6 Å². The van der Waals surface area contributed by atoms with Crippen LogP contribution in [0.3, 0.4) is 0 Å². The molecule has 7 nitrogen and oxygen atoms in total. The highest BCUT2D eigenvalue weighted by molar-refractivity contribution is 7.99. The van der Waals surface area contributed by atoms with E-state index in [4.69, 9.17) is 5.21 Å². The number of hydrogen-bond donors (Lipinski definition) is 3. The lowest BCUT2D eigenvalue weighted by molar-refractivity contribution is -0.133. The zero-order valence-electron chi connectivity index (χ0n) is 13.9. The Balaban J connectivity index is 2.15. The van der Waals surface area contributed by atoms with Gasteiger partial charge in [0.15, 0.2) is 9.84 Å². The minimum absolute atomic E-state index is 0.0241. The molecule has 2 rings (SSSR count). The lowest BCUT2D eigenvalue weighted by atomic mass is 10.3. The maximum Gasteiger partial charge on any atom is 0.266 e. The quantitative estimate of drug-likeness (QED) is 0.486. The molecule has 0 saturated heterocycles. The molecule has 0 unspecified atom stereocenters. The molecule has 0 aliphatic carbocycles. The number of hydroxylamine groups is 1. The Labute approximate surface area is 155 Å². The second-order valence-electron chi connectivity index (χ2n) is 5.40. The number of benzene rings is 2. The molecule has 138 valence electrons. The molecule has 0 spiro atoms. The predicted octanol–water partition coefficient (Wildman–Crippen LogP) is 1.62. The third-order valence-electron chi connectivity index (χ3n) is 3.35. The Morgan fingerprint density at radius 1 is 1.04 bits per heavy atom. The number of carbonyl (C=O) groups is 2. The van der Waals surface area contributed by atoms with Crippen molar-refractivity contribution in [2.24, 2.45) is 0 Å². The van der Waals surface area contributed by atoms with Gasteiger partial charge in [0.2, 0.25) is 5.91 Å². The molecule has 0 saturated carbocycles. The van der Waals surface area contributed by atoms with Gasteiger partial charge in [-0.15, -0.1) is 0 Å². The molecule has 26 heavy (non-hydrogen) atoms. The van der Waals surface area contributed by atoms with E-state index in [1.807, 2.05) is 30.3 Å². The lowest BCUT2D eigenvalue weighted by Gasteiger charge is -2.16. The first-order chi connectivity index (χ1) is 12.3. The summed E-state index contributed by atoms with van der Waals surface area (Å²) in [5.74, 6) is -2.24. The molecule has 0 bridgehead atoms. The van der Waals surface area contributed by atoms with Gasteiger partial charge < -0.3 is 5.32 Å². The zero-order chi connectivity index (χ0) is 19.2. The topological polar surface area (TPSA) is 113 Å². The fraction of sp³-hybridized carbons (Fsp3) is 0.176. The Hall–Kier alpha value is -2.36. The number of amides is 2. The molecule has 0 aromatic heterocycles. The van der Waals surface area contributed by atoms with Crippen molar-refractivity contribution < 1.29 is 23.2 Å². The number of rotatable bonds is 7. The van der Waals surface area contributed by atoms with Crippen LogP contribution in [0.4, 0.5) is 0 Å². The summed E-state index contributed by atoms with van der Waals surface area (Å²) in [5.41, 5.74) is 1.36. The number of nitrogens with one attached hydrogen (secondary N) is 2. The van der Waals surface area contributed by atoms with Crippen molar-refractivity contribution in [2.45, 2.75) is 27.7 Å². The standard InChI is InChI=1S/C17H18N2O5S2/c1-12(20)18-16(17(21)19-22)11-26(23,24)15-9-7-14(8-10-15)25-13-5-3-2-4-6-13/h2-10,16,22H,11H2,1H3,(H,18,20)(H,19,21)/t16-/m1/s1. The summed E-state index contributed by atoms with van der Waals surface area (Å²) in [5, 5.41) is 10.9. The molecule has 0 fully saturated rings. The molecule has 3 N–H and O–H groups in total. The Kier molecular flexibility index (Phi) is 6.78. The largest absolute Gasteiger partial charge is 0.343 e. The maximum atomic E-state index is 12.5. The molecular formula is C17H18N2O5S2. The SMILES string of the molecule is CC(=O)N[C@H](CS(=O)(=O)c1ccc(Sc2ccccc2)cc1)C(=O)NO. The molecule has 0 aliphatic heterocycles. The van der Waals surface area contributed by atoms with Crippen LogP contribution in [0.25, 0.3) is 0 Å². The van der Waals surface area contributed by atoms with E-state index in [2.05, 4.69) is 5.32 Å². The van der Waals surface area contributed by atoms with Crippen molar-refractivity contribution in [3.05, 3.63) is 54.6 Å². The number of hydrogen-bond acceptors (Lipinski definition) is 6. The highest BCUT2D eigenvalue weighted by atomic mass is 32.2. The molecule has 9 heteroatoms. The van der Waals surface area contributed by atoms with Crippen molar-refractivity contribution in [1.82, 2.24) is 10.8 Å².